The number of benzene rings is 2. The Bertz CT molecular complexity index is 1260. The maximum Gasteiger partial charge on any atom is 0.239 e. The summed E-state index contributed by atoms with van der Waals surface area (Å²) >= 11 is 1.59. The number of aromatic nitrogens is 5. The number of thioether (sulfide) groups is 1. The second kappa shape index (κ2) is 5.81. The molecule has 3 aromatic heterocycles. The Labute approximate surface area is 153 Å². The molecule has 0 fully saturated rings. The molecule has 5 rings (SSSR count). The Hall–Kier alpha value is -2.93. The van der Waals surface area contributed by atoms with E-state index in [4.69, 9.17) is 14.5 Å². The smallest absolute Gasteiger partial charge is 0.239 e. The molecule has 0 saturated carbocycles. The molecular weight excluding hydrogens is 346 g/mol. The Balaban J connectivity index is 1.76. The second-order valence-corrected chi connectivity index (χ2v) is 7.42. The van der Waals surface area contributed by atoms with Gasteiger partial charge in [-0.1, -0.05) is 41.2 Å². The lowest BCUT2D eigenvalue weighted by Gasteiger charge is -2.10. The summed E-state index contributed by atoms with van der Waals surface area (Å²) in [4.78, 5) is 14.1. The van der Waals surface area contributed by atoms with Crippen LogP contribution in [0.1, 0.15) is 23.9 Å². The molecule has 0 saturated heterocycles. The average molecular weight is 361 g/mol. The number of imidazole rings is 1. The van der Waals surface area contributed by atoms with Gasteiger partial charge in [0, 0.05) is 5.39 Å². The number of fused-ring (bicyclic) bond motifs is 5. The lowest BCUT2D eigenvalue weighted by atomic mass is 10.2. The SMILES string of the molecule is Cc1noc(C(C)Sc2nc3ccccc3c3nc4ccccc4n23)n1. The second-order valence-electron chi connectivity index (χ2n) is 6.11. The summed E-state index contributed by atoms with van der Waals surface area (Å²) < 4.78 is 7.45. The van der Waals surface area contributed by atoms with Crippen molar-refractivity contribution in [2.75, 3.05) is 0 Å². The molecule has 0 amide bonds. The van der Waals surface area contributed by atoms with Crippen LogP contribution < -0.4 is 0 Å². The summed E-state index contributed by atoms with van der Waals surface area (Å²) in [5.74, 6) is 1.23. The fraction of sp³-hybridized carbons (Fsp3) is 0.158. The summed E-state index contributed by atoms with van der Waals surface area (Å²) in [6, 6.07) is 16.2. The molecule has 128 valence electrons. The van der Waals surface area contributed by atoms with E-state index in [0.717, 1.165) is 32.7 Å². The van der Waals surface area contributed by atoms with Crippen LogP contribution in [0.15, 0.2) is 58.2 Å². The van der Waals surface area contributed by atoms with Gasteiger partial charge in [0.2, 0.25) is 5.89 Å². The van der Waals surface area contributed by atoms with Crippen molar-refractivity contribution in [3.8, 4) is 0 Å². The number of nitrogens with zero attached hydrogens (tertiary/aromatic N) is 5. The molecule has 0 bridgehead atoms. The van der Waals surface area contributed by atoms with Crippen LogP contribution >= 0.6 is 11.8 Å². The van der Waals surface area contributed by atoms with E-state index in [1.807, 2.05) is 50.2 Å². The monoisotopic (exact) mass is 361 g/mol. The zero-order valence-corrected chi connectivity index (χ0v) is 15.1. The van der Waals surface area contributed by atoms with Gasteiger partial charge >= 0.3 is 0 Å². The lowest BCUT2D eigenvalue weighted by molar-refractivity contribution is 0.376. The summed E-state index contributed by atoms with van der Waals surface area (Å²) in [5.41, 5.74) is 3.82. The number of hydrogen-bond acceptors (Lipinski definition) is 6. The van der Waals surface area contributed by atoms with Crippen molar-refractivity contribution in [3.05, 3.63) is 60.2 Å². The van der Waals surface area contributed by atoms with Gasteiger partial charge in [-0.3, -0.25) is 4.40 Å². The maximum absolute atomic E-state index is 5.33. The molecule has 7 heteroatoms. The highest BCUT2D eigenvalue weighted by atomic mass is 32.2. The molecule has 0 radical (unpaired) electrons. The third kappa shape index (κ3) is 2.35. The van der Waals surface area contributed by atoms with Crippen LogP contribution in [0.5, 0.6) is 0 Å². The summed E-state index contributed by atoms with van der Waals surface area (Å²) in [6.07, 6.45) is 0. The molecule has 0 aliphatic heterocycles. The van der Waals surface area contributed by atoms with Gasteiger partial charge in [0.25, 0.3) is 0 Å². The van der Waals surface area contributed by atoms with E-state index < -0.39 is 0 Å². The van der Waals surface area contributed by atoms with Crippen LogP contribution in [0.3, 0.4) is 0 Å². The summed E-state index contributed by atoms with van der Waals surface area (Å²) in [7, 11) is 0. The number of para-hydroxylation sites is 3. The van der Waals surface area contributed by atoms with Gasteiger partial charge in [-0.25, -0.2) is 9.97 Å². The average Bonchev–Trinajstić information content (AvgIpc) is 3.26. The highest BCUT2D eigenvalue weighted by Crippen LogP contribution is 2.36. The van der Waals surface area contributed by atoms with E-state index in [2.05, 4.69) is 26.7 Å². The van der Waals surface area contributed by atoms with Crippen molar-refractivity contribution in [2.45, 2.75) is 24.3 Å². The quantitative estimate of drug-likeness (QED) is 0.346. The number of aryl methyl sites for hydroxylation is 1. The first-order valence-corrected chi connectivity index (χ1v) is 9.21. The molecule has 26 heavy (non-hydrogen) atoms. The zero-order valence-electron chi connectivity index (χ0n) is 14.2. The lowest BCUT2D eigenvalue weighted by Crippen LogP contribution is -1.99. The van der Waals surface area contributed by atoms with Crippen LogP contribution in [0.25, 0.3) is 27.6 Å². The van der Waals surface area contributed by atoms with E-state index in [1.54, 1.807) is 11.8 Å². The fourth-order valence-corrected chi connectivity index (χ4v) is 4.03. The van der Waals surface area contributed by atoms with Crippen molar-refractivity contribution >= 4 is 39.3 Å². The molecule has 6 nitrogen and oxygen atoms in total. The van der Waals surface area contributed by atoms with Gasteiger partial charge in [0.1, 0.15) is 5.65 Å². The molecule has 0 aliphatic carbocycles. The Morgan fingerprint density at radius 2 is 1.73 bits per heavy atom. The topological polar surface area (TPSA) is 69.1 Å². The third-order valence-electron chi connectivity index (χ3n) is 4.29. The predicted molar refractivity (Wildman–Crippen MR) is 101 cm³/mol. The van der Waals surface area contributed by atoms with Crippen LogP contribution in [-0.2, 0) is 0 Å². The van der Waals surface area contributed by atoms with Crippen LogP contribution in [0.2, 0.25) is 0 Å². The van der Waals surface area contributed by atoms with Crippen LogP contribution in [0, 0.1) is 6.92 Å². The molecule has 0 N–H and O–H groups in total. The fourth-order valence-electron chi connectivity index (χ4n) is 3.08. The van der Waals surface area contributed by atoms with E-state index in [-0.39, 0.29) is 5.25 Å². The van der Waals surface area contributed by atoms with Gasteiger partial charge in [-0.15, -0.1) is 0 Å². The molecule has 0 aliphatic rings. The number of hydrogen-bond donors (Lipinski definition) is 0. The minimum Gasteiger partial charge on any atom is -0.338 e. The van der Waals surface area contributed by atoms with E-state index in [0.29, 0.717) is 11.7 Å². The molecule has 1 unspecified atom stereocenters. The van der Waals surface area contributed by atoms with Gasteiger partial charge in [-0.05, 0) is 38.1 Å². The Morgan fingerprint density at radius 1 is 0.962 bits per heavy atom. The van der Waals surface area contributed by atoms with E-state index >= 15 is 0 Å². The van der Waals surface area contributed by atoms with E-state index in [1.165, 1.54) is 0 Å². The first kappa shape index (κ1) is 15.3. The Kier molecular flexibility index (Phi) is 3.43. The van der Waals surface area contributed by atoms with Gasteiger partial charge < -0.3 is 4.52 Å². The largest absolute Gasteiger partial charge is 0.338 e. The molecule has 1 atom stereocenters. The predicted octanol–water partition coefficient (Wildman–Crippen LogP) is 4.58. The maximum atomic E-state index is 5.33. The molecular formula is C19H15N5OS. The molecule has 0 spiro atoms. The standard InChI is InChI=1S/C19H15N5OS/c1-11(18-20-12(2)23-25-18)26-19-22-14-8-4-3-7-13(14)17-21-15-9-5-6-10-16(15)24(17)19/h3-11H,1-2H3. The van der Waals surface area contributed by atoms with Gasteiger partial charge in [-0.2, -0.15) is 4.98 Å². The minimum absolute atomic E-state index is 0.0192. The first-order chi connectivity index (χ1) is 12.7. The number of rotatable bonds is 3. The highest BCUT2D eigenvalue weighted by molar-refractivity contribution is 7.99. The first-order valence-electron chi connectivity index (χ1n) is 8.33. The van der Waals surface area contributed by atoms with Crippen LogP contribution in [0.4, 0.5) is 0 Å². The van der Waals surface area contributed by atoms with Crippen molar-refractivity contribution in [2.24, 2.45) is 0 Å². The third-order valence-corrected chi connectivity index (χ3v) is 5.33. The minimum atomic E-state index is -0.0192. The zero-order chi connectivity index (χ0) is 17.7. The summed E-state index contributed by atoms with van der Waals surface area (Å²) in [5, 5.41) is 5.77. The van der Waals surface area contributed by atoms with Crippen molar-refractivity contribution in [3.63, 3.8) is 0 Å². The molecule has 5 aromatic rings. The van der Waals surface area contributed by atoms with Crippen molar-refractivity contribution < 1.29 is 4.52 Å². The summed E-state index contributed by atoms with van der Waals surface area (Å²) in [6.45, 7) is 3.86. The highest BCUT2D eigenvalue weighted by Gasteiger charge is 2.20. The van der Waals surface area contributed by atoms with Gasteiger partial charge in [0.05, 0.1) is 21.8 Å². The van der Waals surface area contributed by atoms with Gasteiger partial charge in [0.15, 0.2) is 11.0 Å². The van der Waals surface area contributed by atoms with Crippen molar-refractivity contribution in [1.29, 1.82) is 0 Å². The molecule has 3 heterocycles. The molecule has 2 aromatic carbocycles. The normalized spacial score (nSPS) is 13.0. The Morgan fingerprint density at radius 3 is 2.54 bits per heavy atom. The van der Waals surface area contributed by atoms with Crippen LogP contribution in [-0.4, -0.2) is 24.5 Å². The van der Waals surface area contributed by atoms with E-state index in [9.17, 15) is 0 Å². The van der Waals surface area contributed by atoms with Crippen molar-refractivity contribution in [1.82, 2.24) is 24.5 Å².